The van der Waals surface area contributed by atoms with Gasteiger partial charge in [-0.2, -0.15) is 0 Å². The average Bonchev–Trinajstić information content (AvgIpc) is 2.42. The third-order valence-electron chi connectivity index (χ3n) is 3.29. The van der Waals surface area contributed by atoms with Gasteiger partial charge in [-0.3, -0.25) is 10.1 Å². The first-order valence-corrected chi connectivity index (χ1v) is 7.25. The van der Waals surface area contributed by atoms with E-state index >= 15 is 0 Å². The predicted octanol–water partition coefficient (Wildman–Crippen LogP) is 3.32. The Morgan fingerprint density at radius 3 is 2.09 bits per heavy atom. The molecule has 0 fully saturated rings. The van der Waals surface area contributed by atoms with Crippen LogP contribution in [0.1, 0.15) is 46.2 Å². The van der Waals surface area contributed by atoms with Crippen LogP contribution in [0.2, 0.25) is 0 Å². The van der Waals surface area contributed by atoms with Crippen LogP contribution in [0, 0.1) is 10.1 Å². The maximum Gasteiger partial charge on any atom is 0.408 e. The molecular formula is C16H24N2O5. The number of ether oxygens (including phenoxy) is 2. The van der Waals surface area contributed by atoms with Crippen molar-refractivity contribution in [2.45, 2.75) is 51.8 Å². The van der Waals surface area contributed by atoms with Gasteiger partial charge in [-0.15, -0.1) is 0 Å². The number of carbonyl (C=O) groups excluding carboxylic acids is 1. The third-order valence-corrected chi connectivity index (χ3v) is 3.29. The lowest BCUT2D eigenvalue weighted by molar-refractivity contribution is -0.566. The van der Waals surface area contributed by atoms with Crippen LogP contribution < -0.4 is 10.1 Å². The lowest BCUT2D eigenvalue weighted by Gasteiger charge is -2.29. The standard InChI is InChI=1S/C16H24N2O5/c1-15(2,3)23-14(19)17-13(16(4,5)18(20)21)11-7-9-12(22-6)10-8-11/h7-10,13H,1-6H3,(H,17,19). The second-order valence-electron chi connectivity index (χ2n) is 6.76. The summed E-state index contributed by atoms with van der Waals surface area (Å²) in [6.45, 7) is 8.10. The summed E-state index contributed by atoms with van der Waals surface area (Å²) in [5, 5.41) is 14.0. The number of benzene rings is 1. The summed E-state index contributed by atoms with van der Waals surface area (Å²) < 4.78 is 10.3. The normalized spacial score (nSPS) is 13.1. The third kappa shape index (κ3) is 5.12. The minimum atomic E-state index is -1.41. The van der Waals surface area contributed by atoms with Crippen molar-refractivity contribution >= 4 is 6.09 Å². The molecule has 7 heteroatoms. The van der Waals surface area contributed by atoms with E-state index in [2.05, 4.69) is 5.32 Å². The number of nitro groups is 1. The monoisotopic (exact) mass is 324 g/mol. The Kier molecular flexibility index (Phi) is 5.58. The molecule has 23 heavy (non-hydrogen) atoms. The fourth-order valence-electron chi connectivity index (χ4n) is 1.99. The van der Waals surface area contributed by atoms with E-state index in [4.69, 9.17) is 9.47 Å². The van der Waals surface area contributed by atoms with Crippen molar-refractivity contribution in [1.29, 1.82) is 0 Å². The number of carbonyl (C=O) groups is 1. The summed E-state index contributed by atoms with van der Waals surface area (Å²) in [6.07, 6.45) is -0.701. The van der Waals surface area contributed by atoms with Crippen LogP contribution in [0.4, 0.5) is 4.79 Å². The highest BCUT2D eigenvalue weighted by Crippen LogP contribution is 2.30. The number of nitrogens with zero attached hydrogens (tertiary/aromatic N) is 1. The Morgan fingerprint density at radius 1 is 1.17 bits per heavy atom. The van der Waals surface area contributed by atoms with Crippen LogP contribution in [-0.4, -0.2) is 29.3 Å². The van der Waals surface area contributed by atoms with Crippen LogP contribution in [0.5, 0.6) is 5.75 Å². The fourth-order valence-corrected chi connectivity index (χ4v) is 1.99. The summed E-state index contributed by atoms with van der Waals surface area (Å²) in [5.41, 5.74) is -1.50. The summed E-state index contributed by atoms with van der Waals surface area (Å²) in [4.78, 5) is 23.1. The Bertz CT molecular complexity index is 561. The molecule has 128 valence electrons. The zero-order chi connectivity index (χ0) is 17.8. The number of methoxy groups -OCH3 is 1. The van der Waals surface area contributed by atoms with Crippen molar-refractivity contribution in [2.24, 2.45) is 0 Å². The second kappa shape index (κ2) is 6.85. The summed E-state index contributed by atoms with van der Waals surface area (Å²) in [5.74, 6) is 0.628. The Hall–Kier alpha value is -2.31. The van der Waals surface area contributed by atoms with Gasteiger partial charge in [-0.1, -0.05) is 12.1 Å². The van der Waals surface area contributed by atoms with Gasteiger partial charge in [0.05, 0.1) is 7.11 Å². The topological polar surface area (TPSA) is 90.7 Å². The molecule has 1 aromatic rings. The molecule has 0 heterocycles. The Labute approximate surface area is 136 Å². The lowest BCUT2D eigenvalue weighted by Crippen LogP contribution is -2.48. The van der Waals surface area contributed by atoms with E-state index in [-0.39, 0.29) is 0 Å². The molecule has 1 rings (SSSR count). The van der Waals surface area contributed by atoms with Crippen molar-refractivity contribution in [3.63, 3.8) is 0 Å². The van der Waals surface area contributed by atoms with Crippen molar-refractivity contribution < 1.29 is 19.2 Å². The molecule has 0 saturated carbocycles. The number of rotatable bonds is 5. The summed E-state index contributed by atoms with van der Waals surface area (Å²) >= 11 is 0. The molecule has 7 nitrogen and oxygen atoms in total. The first-order chi connectivity index (χ1) is 10.5. The molecule has 0 aliphatic heterocycles. The summed E-state index contributed by atoms with van der Waals surface area (Å²) in [6, 6.07) is 5.90. The van der Waals surface area contributed by atoms with Gasteiger partial charge in [-0.05, 0) is 38.5 Å². The molecule has 1 unspecified atom stereocenters. The molecule has 1 atom stereocenters. The van der Waals surface area contributed by atoms with E-state index < -0.39 is 28.2 Å². The van der Waals surface area contributed by atoms with Crippen molar-refractivity contribution in [3.8, 4) is 5.75 Å². The van der Waals surface area contributed by atoms with Crippen LogP contribution in [0.3, 0.4) is 0 Å². The van der Waals surface area contributed by atoms with E-state index in [1.165, 1.54) is 21.0 Å². The van der Waals surface area contributed by atoms with Gasteiger partial charge in [0.1, 0.15) is 17.4 Å². The second-order valence-corrected chi connectivity index (χ2v) is 6.76. The Balaban J connectivity index is 3.11. The van der Waals surface area contributed by atoms with Gasteiger partial charge in [0, 0.05) is 18.8 Å². The van der Waals surface area contributed by atoms with Crippen LogP contribution in [0.25, 0.3) is 0 Å². The van der Waals surface area contributed by atoms with E-state index in [1.807, 2.05) is 0 Å². The maximum absolute atomic E-state index is 12.1. The van der Waals surface area contributed by atoms with Gasteiger partial charge in [0.2, 0.25) is 5.54 Å². The van der Waals surface area contributed by atoms with Gasteiger partial charge in [-0.25, -0.2) is 4.79 Å². The van der Waals surface area contributed by atoms with E-state index in [1.54, 1.807) is 45.0 Å². The predicted molar refractivity (Wildman–Crippen MR) is 86.2 cm³/mol. The molecule has 0 spiro atoms. The molecule has 1 amide bonds. The van der Waals surface area contributed by atoms with Gasteiger partial charge in [0.25, 0.3) is 0 Å². The first-order valence-electron chi connectivity index (χ1n) is 7.25. The highest BCUT2D eigenvalue weighted by atomic mass is 16.6. The molecule has 0 radical (unpaired) electrons. The largest absolute Gasteiger partial charge is 0.497 e. The lowest BCUT2D eigenvalue weighted by atomic mass is 9.89. The van der Waals surface area contributed by atoms with Crippen LogP contribution in [0.15, 0.2) is 24.3 Å². The summed E-state index contributed by atoms with van der Waals surface area (Å²) in [7, 11) is 1.53. The smallest absolute Gasteiger partial charge is 0.408 e. The van der Waals surface area contributed by atoms with Crippen molar-refractivity contribution in [2.75, 3.05) is 7.11 Å². The van der Waals surface area contributed by atoms with Crippen molar-refractivity contribution in [1.82, 2.24) is 5.32 Å². The molecule has 0 bridgehead atoms. The molecule has 0 saturated heterocycles. The van der Waals surface area contributed by atoms with E-state index in [0.717, 1.165) is 0 Å². The van der Waals surface area contributed by atoms with Crippen LogP contribution in [-0.2, 0) is 4.74 Å². The zero-order valence-corrected chi connectivity index (χ0v) is 14.4. The van der Waals surface area contributed by atoms with Gasteiger partial charge in [0.15, 0.2) is 0 Å². The number of nitrogens with one attached hydrogen (secondary N) is 1. The molecular weight excluding hydrogens is 300 g/mol. The molecule has 0 aliphatic carbocycles. The van der Waals surface area contributed by atoms with Gasteiger partial charge >= 0.3 is 6.09 Å². The minimum Gasteiger partial charge on any atom is -0.497 e. The van der Waals surface area contributed by atoms with Crippen molar-refractivity contribution in [3.05, 3.63) is 39.9 Å². The quantitative estimate of drug-likeness (QED) is 0.663. The first kappa shape index (κ1) is 18.7. The highest BCUT2D eigenvalue weighted by Gasteiger charge is 2.43. The number of hydrogen-bond donors (Lipinski definition) is 1. The molecule has 1 N–H and O–H groups in total. The zero-order valence-electron chi connectivity index (χ0n) is 14.4. The fraction of sp³-hybridized carbons (Fsp3) is 0.562. The molecule has 0 aliphatic rings. The van der Waals surface area contributed by atoms with Crippen LogP contribution >= 0.6 is 0 Å². The number of hydrogen-bond acceptors (Lipinski definition) is 5. The SMILES string of the molecule is COc1ccc(C(NC(=O)OC(C)(C)C)C(C)(C)[N+](=O)[O-])cc1. The molecule has 0 aromatic heterocycles. The number of alkyl carbamates (subject to hydrolysis) is 1. The number of amides is 1. The van der Waals surface area contributed by atoms with E-state index in [0.29, 0.717) is 11.3 Å². The van der Waals surface area contributed by atoms with Gasteiger partial charge < -0.3 is 14.8 Å². The Morgan fingerprint density at radius 2 is 1.70 bits per heavy atom. The molecule has 1 aromatic carbocycles. The average molecular weight is 324 g/mol. The van der Waals surface area contributed by atoms with E-state index in [9.17, 15) is 14.9 Å². The minimum absolute atomic E-state index is 0.417. The highest BCUT2D eigenvalue weighted by molar-refractivity contribution is 5.68. The maximum atomic E-state index is 12.1.